The maximum absolute atomic E-state index is 13.4. The Kier molecular flexibility index (Phi) is 6.65. The molecule has 2 N–H and O–H groups in total. The lowest BCUT2D eigenvalue weighted by molar-refractivity contribution is -0.139. The van der Waals surface area contributed by atoms with Crippen LogP contribution in [0.3, 0.4) is 0 Å². The molecule has 2 atom stereocenters. The molecule has 2 heterocycles. The summed E-state index contributed by atoms with van der Waals surface area (Å²) < 4.78 is 13.4. The zero-order valence-corrected chi connectivity index (χ0v) is 18.0. The van der Waals surface area contributed by atoms with Crippen LogP contribution in [0.25, 0.3) is 0 Å². The van der Waals surface area contributed by atoms with Crippen LogP contribution in [0.1, 0.15) is 28.8 Å². The molecule has 0 aromatic heterocycles. The highest BCUT2D eigenvalue weighted by Gasteiger charge is 2.44. The molecular weight excluding hydrogens is 409 g/mol. The van der Waals surface area contributed by atoms with E-state index in [1.165, 1.54) is 24.3 Å². The normalized spacial score (nSPS) is 22.1. The quantitative estimate of drug-likeness (QED) is 0.704. The van der Waals surface area contributed by atoms with Crippen LogP contribution >= 0.6 is 0 Å². The highest BCUT2D eigenvalue weighted by atomic mass is 19.1. The molecule has 2 fully saturated rings. The van der Waals surface area contributed by atoms with Crippen LogP contribution in [0.2, 0.25) is 0 Å². The van der Waals surface area contributed by atoms with Gasteiger partial charge >= 0.3 is 0 Å². The third-order valence-corrected chi connectivity index (χ3v) is 6.64. The van der Waals surface area contributed by atoms with Crippen molar-refractivity contribution in [2.75, 3.05) is 26.2 Å². The van der Waals surface area contributed by atoms with E-state index in [1.54, 1.807) is 4.90 Å². The second-order valence-corrected chi connectivity index (χ2v) is 8.77. The van der Waals surface area contributed by atoms with Crippen LogP contribution in [-0.4, -0.2) is 53.6 Å². The van der Waals surface area contributed by atoms with E-state index in [0.717, 1.165) is 5.56 Å². The minimum atomic E-state index is -0.495. The highest BCUT2D eigenvalue weighted by Crippen LogP contribution is 2.31. The molecule has 0 radical (unpaired) electrons. The zero-order valence-electron chi connectivity index (χ0n) is 18.0. The van der Waals surface area contributed by atoms with Gasteiger partial charge < -0.3 is 10.6 Å². The van der Waals surface area contributed by atoms with Crippen LogP contribution in [0.4, 0.5) is 4.39 Å². The summed E-state index contributed by atoms with van der Waals surface area (Å²) in [5.74, 6) is -2.07. The van der Waals surface area contributed by atoms with E-state index >= 15 is 0 Å². The first-order valence-corrected chi connectivity index (χ1v) is 11.1. The number of Topliss-reactive ketones (excluding diaryl/α,β-unsaturated/α-hetero) is 1. The summed E-state index contributed by atoms with van der Waals surface area (Å²) in [5.41, 5.74) is 6.96. The number of benzene rings is 2. The minimum Gasteiger partial charge on any atom is -0.369 e. The molecule has 2 saturated heterocycles. The monoisotopic (exact) mass is 437 g/mol. The van der Waals surface area contributed by atoms with Crippen molar-refractivity contribution in [1.82, 2.24) is 9.80 Å². The van der Waals surface area contributed by atoms with E-state index in [0.29, 0.717) is 51.1 Å². The van der Waals surface area contributed by atoms with Crippen LogP contribution in [0.15, 0.2) is 54.6 Å². The molecule has 2 aliphatic heterocycles. The largest absolute Gasteiger partial charge is 0.369 e. The Bertz CT molecular complexity index is 972. The Labute approximate surface area is 187 Å². The number of nitrogens with zero attached hydrogens (tertiary/aromatic N) is 2. The molecule has 168 valence electrons. The van der Waals surface area contributed by atoms with Crippen molar-refractivity contribution >= 4 is 17.6 Å². The summed E-state index contributed by atoms with van der Waals surface area (Å²) >= 11 is 0. The summed E-state index contributed by atoms with van der Waals surface area (Å²) in [4.78, 5) is 42.1. The van der Waals surface area contributed by atoms with E-state index in [2.05, 4.69) is 4.90 Å². The highest BCUT2D eigenvalue weighted by molar-refractivity contribution is 6.01. The second kappa shape index (κ2) is 9.61. The number of carbonyl (C=O) groups is 3. The Morgan fingerprint density at radius 1 is 0.906 bits per heavy atom. The number of hydrogen-bond acceptors (Lipinski definition) is 4. The number of likely N-dealkylation sites (tertiary alicyclic amines) is 2. The Balaban J connectivity index is 1.52. The van der Waals surface area contributed by atoms with E-state index in [1.807, 2.05) is 30.3 Å². The van der Waals surface area contributed by atoms with Crippen molar-refractivity contribution in [3.63, 3.8) is 0 Å². The van der Waals surface area contributed by atoms with Crippen LogP contribution in [0, 0.1) is 23.6 Å². The molecule has 7 heteroatoms. The van der Waals surface area contributed by atoms with Gasteiger partial charge in [-0.25, -0.2) is 4.39 Å². The molecular formula is C25H28FN3O3. The molecule has 6 nitrogen and oxygen atoms in total. The van der Waals surface area contributed by atoms with Gasteiger partial charge in [-0.1, -0.05) is 30.3 Å². The number of amides is 2. The first-order chi connectivity index (χ1) is 15.4. The summed E-state index contributed by atoms with van der Waals surface area (Å²) in [5, 5.41) is 0. The number of piperidine rings is 1. The topological polar surface area (TPSA) is 83.7 Å². The zero-order chi connectivity index (χ0) is 22.7. The first kappa shape index (κ1) is 22.1. The molecule has 0 unspecified atom stereocenters. The average molecular weight is 438 g/mol. The fourth-order valence-electron chi connectivity index (χ4n) is 4.82. The summed E-state index contributed by atoms with van der Waals surface area (Å²) in [6, 6.07) is 15.5. The summed E-state index contributed by atoms with van der Waals surface area (Å²) in [7, 11) is 0. The maximum Gasteiger partial charge on any atom is 0.227 e. The standard InChI is InChI=1S/C25H28FN3O3/c26-20-8-6-18(7-9-20)23(30)21-15-28(14-17-4-2-1-3-5-17)16-22(21)25(32)29-12-10-19(11-13-29)24(27)31/h1-9,19,21-22H,10-16H2,(H2,27,31)/t21-,22-/m1/s1. The minimum absolute atomic E-state index is 0.0519. The number of carbonyl (C=O) groups excluding carboxylic acids is 3. The molecule has 2 aliphatic rings. The first-order valence-electron chi connectivity index (χ1n) is 11.1. The smallest absolute Gasteiger partial charge is 0.227 e. The molecule has 4 rings (SSSR count). The molecule has 0 bridgehead atoms. The van der Waals surface area contributed by atoms with Gasteiger partial charge in [0.15, 0.2) is 5.78 Å². The van der Waals surface area contributed by atoms with Crippen molar-refractivity contribution in [2.45, 2.75) is 19.4 Å². The Morgan fingerprint density at radius 2 is 1.53 bits per heavy atom. The predicted octanol–water partition coefficient (Wildman–Crippen LogP) is 2.48. The maximum atomic E-state index is 13.4. The lowest BCUT2D eigenvalue weighted by Crippen LogP contribution is -2.46. The number of nitrogens with two attached hydrogens (primary N) is 1. The molecule has 0 spiro atoms. The lowest BCUT2D eigenvalue weighted by Gasteiger charge is -2.33. The fourth-order valence-corrected chi connectivity index (χ4v) is 4.82. The van der Waals surface area contributed by atoms with Crippen molar-refractivity contribution < 1.29 is 18.8 Å². The van der Waals surface area contributed by atoms with Gasteiger partial charge in [0, 0.05) is 50.1 Å². The van der Waals surface area contributed by atoms with Gasteiger partial charge in [0.1, 0.15) is 5.82 Å². The van der Waals surface area contributed by atoms with Crippen molar-refractivity contribution in [3.05, 3.63) is 71.5 Å². The fraction of sp³-hybridized carbons (Fsp3) is 0.400. The molecule has 0 aliphatic carbocycles. The van der Waals surface area contributed by atoms with E-state index in [4.69, 9.17) is 5.73 Å². The third kappa shape index (κ3) is 4.88. The van der Waals surface area contributed by atoms with Gasteiger partial charge in [0.25, 0.3) is 0 Å². The molecule has 2 amide bonds. The Morgan fingerprint density at radius 3 is 2.16 bits per heavy atom. The van der Waals surface area contributed by atoms with Crippen LogP contribution in [0.5, 0.6) is 0 Å². The van der Waals surface area contributed by atoms with Gasteiger partial charge in [0.05, 0.1) is 5.92 Å². The molecule has 0 saturated carbocycles. The molecule has 2 aromatic rings. The third-order valence-electron chi connectivity index (χ3n) is 6.64. The van der Waals surface area contributed by atoms with Crippen LogP contribution in [-0.2, 0) is 16.1 Å². The van der Waals surface area contributed by atoms with Gasteiger partial charge in [-0.3, -0.25) is 19.3 Å². The number of halogens is 1. The van der Waals surface area contributed by atoms with Gasteiger partial charge in [0.2, 0.25) is 11.8 Å². The van der Waals surface area contributed by atoms with Crippen LogP contribution < -0.4 is 5.73 Å². The summed E-state index contributed by atoms with van der Waals surface area (Å²) in [6.07, 6.45) is 1.11. The molecule has 2 aromatic carbocycles. The average Bonchev–Trinajstić information content (AvgIpc) is 3.23. The Hall–Kier alpha value is -3.06. The van der Waals surface area contributed by atoms with E-state index < -0.39 is 17.7 Å². The van der Waals surface area contributed by atoms with Gasteiger partial charge in [-0.2, -0.15) is 0 Å². The van der Waals surface area contributed by atoms with E-state index in [-0.39, 0.29) is 23.5 Å². The second-order valence-electron chi connectivity index (χ2n) is 8.77. The number of primary amides is 1. The van der Waals surface area contributed by atoms with Crippen molar-refractivity contribution in [1.29, 1.82) is 0 Å². The van der Waals surface area contributed by atoms with Gasteiger partial charge in [-0.05, 0) is 42.7 Å². The predicted molar refractivity (Wildman–Crippen MR) is 118 cm³/mol. The lowest BCUT2D eigenvalue weighted by atomic mass is 9.86. The number of ketones is 1. The van der Waals surface area contributed by atoms with E-state index in [9.17, 15) is 18.8 Å². The van der Waals surface area contributed by atoms with Crippen molar-refractivity contribution in [3.8, 4) is 0 Å². The SMILES string of the molecule is NC(=O)C1CCN(C(=O)[C@@H]2CN(Cc3ccccc3)C[C@H]2C(=O)c2ccc(F)cc2)CC1. The van der Waals surface area contributed by atoms with Gasteiger partial charge in [-0.15, -0.1) is 0 Å². The summed E-state index contributed by atoms with van der Waals surface area (Å²) in [6.45, 7) is 2.56. The number of hydrogen-bond donors (Lipinski definition) is 1. The van der Waals surface area contributed by atoms with Crippen molar-refractivity contribution in [2.24, 2.45) is 23.5 Å². The number of rotatable bonds is 6. The molecule has 32 heavy (non-hydrogen) atoms.